The standard InChI is InChI=1S/C47H45N7O4/c1-24(2)41(52-47(57)58-3)46(56)54-37-20-31(37)22-39(54)45-49-35-16-12-29-18-27(10-14-33(29)43(35)51-45)26-9-13-32-28(17-26)11-15-34-42(32)50-44(48-34)38-21-30-19-36(30)53(38)23-40(55)25-7-5-4-6-8-25/h4-18,24,30-31,36-39,41H,19-23H2,1-3H3,(H,48,50)(H,49,51)(H,52,57)/t30-,31-,36-,37-,38+,39+,41+/m1/s1. The number of benzene rings is 5. The highest BCUT2D eigenvalue weighted by atomic mass is 16.5. The number of H-pyrrole nitrogens is 2. The molecule has 2 aromatic heterocycles. The molecule has 2 saturated heterocycles. The first-order chi connectivity index (χ1) is 28.2. The maximum Gasteiger partial charge on any atom is 0.407 e. The van der Waals surface area contributed by atoms with Crippen LogP contribution in [0.4, 0.5) is 4.79 Å². The number of ketones is 1. The Morgan fingerprint density at radius 2 is 1.33 bits per heavy atom. The summed E-state index contributed by atoms with van der Waals surface area (Å²) in [5, 5.41) is 7.13. The Morgan fingerprint density at radius 1 is 0.741 bits per heavy atom. The molecular formula is C47H45N7O4. The second-order valence-electron chi connectivity index (χ2n) is 17.2. The first kappa shape index (κ1) is 35.1. The fourth-order valence-corrected chi connectivity index (χ4v) is 10.1. The maximum atomic E-state index is 14.0. The summed E-state index contributed by atoms with van der Waals surface area (Å²) < 4.78 is 4.83. The smallest absolute Gasteiger partial charge is 0.407 e. The van der Waals surface area contributed by atoms with Gasteiger partial charge in [0.2, 0.25) is 5.91 Å². The van der Waals surface area contributed by atoms with Gasteiger partial charge in [-0.2, -0.15) is 0 Å². The van der Waals surface area contributed by atoms with Gasteiger partial charge in [0, 0.05) is 28.4 Å². The van der Waals surface area contributed by atoms with Crippen molar-refractivity contribution in [1.29, 1.82) is 0 Å². The molecule has 4 aliphatic rings. The van der Waals surface area contributed by atoms with E-state index < -0.39 is 12.1 Å². The number of nitrogens with zero attached hydrogens (tertiary/aromatic N) is 4. The van der Waals surface area contributed by atoms with Gasteiger partial charge in [0.25, 0.3) is 0 Å². The highest BCUT2D eigenvalue weighted by molar-refractivity contribution is 6.07. The van der Waals surface area contributed by atoms with Crippen molar-refractivity contribution in [2.24, 2.45) is 17.8 Å². The van der Waals surface area contributed by atoms with Crippen LogP contribution < -0.4 is 5.32 Å². The van der Waals surface area contributed by atoms with Gasteiger partial charge in [0.15, 0.2) is 5.78 Å². The van der Waals surface area contributed by atoms with Gasteiger partial charge in [0.1, 0.15) is 17.7 Å². The third-order valence-electron chi connectivity index (χ3n) is 13.3. The molecular weight excluding hydrogens is 727 g/mol. The number of likely N-dealkylation sites (tertiary alicyclic amines) is 2. The fraction of sp³-hybridized carbons (Fsp3) is 0.340. The van der Waals surface area contributed by atoms with Crippen molar-refractivity contribution in [3.05, 3.63) is 108 Å². The minimum atomic E-state index is -0.674. The number of methoxy groups -OCH3 is 1. The van der Waals surface area contributed by atoms with E-state index >= 15 is 0 Å². The largest absolute Gasteiger partial charge is 0.453 e. The number of imidazole rings is 2. The Labute approximate surface area is 335 Å². The molecule has 2 aliphatic heterocycles. The second-order valence-corrected chi connectivity index (χ2v) is 17.2. The number of nitrogens with one attached hydrogen (secondary N) is 3. The number of amides is 2. The number of piperidine rings is 2. The minimum absolute atomic E-state index is 0.0850. The molecule has 11 rings (SSSR count). The lowest BCUT2D eigenvalue weighted by atomic mass is 9.98. The zero-order valence-electron chi connectivity index (χ0n) is 32.7. The predicted octanol–water partition coefficient (Wildman–Crippen LogP) is 8.47. The fourth-order valence-electron chi connectivity index (χ4n) is 10.1. The average Bonchev–Trinajstić information content (AvgIpc) is 3.91. The van der Waals surface area contributed by atoms with E-state index in [1.54, 1.807) is 0 Å². The Hall–Kier alpha value is -6.07. The van der Waals surface area contributed by atoms with Gasteiger partial charge in [-0.25, -0.2) is 14.8 Å². The summed E-state index contributed by atoms with van der Waals surface area (Å²) in [6.07, 6.45) is 3.42. The van der Waals surface area contributed by atoms with Crippen LogP contribution in [0.3, 0.4) is 0 Å². The number of hydrogen-bond acceptors (Lipinski definition) is 7. The van der Waals surface area contributed by atoms with Gasteiger partial charge >= 0.3 is 6.09 Å². The van der Waals surface area contributed by atoms with E-state index in [9.17, 15) is 14.4 Å². The first-order valence-electron chi connectivity index (χ1n) is 20.6. The van der Waals surface area contributed by atoms with Crippen LogP contribution in [-0.4, -0.2) is 79.3 Å². The van der Waals surface area contributed by atoms with Crippen molar-refractivity contribution in [3.63, 3.8) is 0 Å². The van der Waals surface area contributed by atoms with Gasteiger partial charge < -0.3 is 24.9 Å². The van der Waals surface area contributed by atoms with Crippen molar-refractivity contribution in [3.8, 4) is 11.1 Å². The minimum Gasteiger partial charge on any atom is -0.453 e. The molecule has 0 bridgehead atoms. The number of Topliss-reactive ketones (excluding diaryl/α,β-unsaturated/α-hetero) is 1. The van der Waals surface area contributed by atoms with E-state index in [1.165, 1.54) is 7.11 Å². The molecule has 4 heterocycles. The molecule has 7 atom stereocenters. The molecule has 2 amide bonds. The summed E-state index contributed by atoms with van der Waals surface area (Å²) in [4.78, 5) is 61.2. The van der Waals surface area contributed by atoms with E-state index in [2.05, 4.69) is 80.8 Å². The molecule has 0 radical (unpaired) electrons. The molecule has 4 fully saturated rings. The molecule has 5 aromatic carbocycles. The molecule has 7 aromatic rings. The molecule has 2 saturated carbocycles. The summed E-state index contributed by atoms with van der Waals surface area (Å²) in [6, 6.07) is 31.1. The number of aromatic nitrogens is 4. The van der Waals surface area contributed by atoms with Gasteiger partial charge in [-0.05, 0) is 89.6 Å². The van der Waals surface area contributed by atoms with Crippen LogP contribution in [0.2, 0.25) is 0 Å². The SMILES string of the molecule is COC(=O)N[C@H](C(=O)N1[C@@H]2C[C@@H]2C[C@H]1c1nc2c(ccc3cc(-c4ccc5c(ccc6[nH]c([C@@H]7C[C@H]8C[C@H]8N7CC(=O)c7ccccc7)nc65)c4)ccc32)[nH]1)C(C)C. The van der Waals surface area contributed by atoms with Crippen molar-refractivity contribution < 1.29 is 19.1 Å². The lowest BCUT2D eigenvalue weighted by Crippen LogP contribution is -2.52. The maximum absolute atomic E-state index is 14.0. The molecule has 11 nitrogen and oxygen atoms in total. The summed E-state index contributed by atoms with van der Waals surface area (Å²) in [5.41, 5.74) is 6.79. The molecule has 292 valence electrons. The average molecular weight is 772 g/mol. The zero-order valence-corrected chi connectivity index (χ0v) is 32.7. The Balaban J connectivity index is 0.863. The Bertz CT molecular complexity index is 2810. The molecule has 2 aliphatic carbocycles. The van der Waals surface area contributed by atoms with Crippen molar-refractivity contribution in [1.82, 2.24) is 35.1 Å². The summed E-state index contributed by atoms with van der Waals surface area (Å²) >= 11 is 0. The third-order valence-corrected chi connectivity index (χ3v) is 13.3. The predicted molar refractivity (Wildman–Crippen MR) is 223 cm³/mol. The first-order valence-corrected chi connectivity index (χ1v) is 20.6. The number of rotatable bonds is 9. The normalized spacial score (nSPS) is 24.1. The van der Waals surface area contributed by atoms with Crippen LogP contribution in [0.5, 0.6) is 0 Å². The third kappa shape index (κ3) is 5.77. The van der Waals surface area contributed by atoms with Crippen LogP contribution in [0, 0.1) is 17.8 Å². The monoisotopic (exact) mass is 771 g/mol. The van der Waals surface area contributed by atoms with Crippen LogP contribution in [0.15, 0.2) is 91.0 Å². The van der Waals surface area contributed by atoms with Crippen molar-refractivity contribution in [2.45, 2.75) is 69.7 Å². The molecule has 0 unspecified atom stereocenters. The van der Waals surface area contributed by atoms with E-state index in [-0.39, 0.29) is 35.7 Å². The number of fused-ring (bicyclic) bond motifs is 8. The van der Waals surface area contributed by atoms with Crippen LogP contribution in [0.25, 0.3) is 54.7 Å². The van der Waals surface area contributed by atoms with E-state index in [0.29, 0.717) is 24.4 Å². The topological polar surface area (TPSA) is 136 Å². The molecule has 58 heavy (non-hydrogen) atoms. The molecule has 3 N–H and O–H groups in total. The molecule has 0 spiro atoms. The molecule has 11 heteroatoms. The number of ether oxygens (including phenoxy) is 1. The number of aromatic amines is 2. The summed E-state index contributed by atoms with van der Waals surface area (Å²) in [6.45, 7) is 4.28. The Kier molecular flexibility index (Phi) is 8.02. The second kappa shape index (κ2) is 13.2. The quantitative estimate of drug-likeness (QED) is 0.125. The lowest BCUT2D eigenvalue weighted by molar-refractivity contribution is -0.136. The van der Waals surface area contributed by atoms with E-state index in [1.807, 2.05) is 49.1 Å². The lowest BCUT2D eigenvalue weighted by Gasteiger charge is -2.31. The van der Waals surface area contributed by atoms with Crippen LogP contribution in [0.1, 0.15) is 73.6 Å². The number of hydrogen-bond donors (Lipinski definition) is 3. The van der Waals surface area contributed by atoms with Crippen LogP contribution >= 0.6 is 0 Å². The van der Waals surface area contributed by atoms with Crippen LogP contribution in [-0.2, 0) is 9.53 Å². The number of alkyl carbamates (subject to hydrolysis) is 1. The summed E-state index contributed by atoms with van der Waals surface area (Å²) in [5.74, 6) is 2.79. The Morgan fingerprint density at radius 3 is 1.95 bits per heavy atom. The van der Waals surface area contributed by atoms with Gasteiger partial charge in [0.05, 0.1) is 47.8 Å². The van der Waals surface area contributed by atoms with Crippen molar-refractivity contribution >= 4 is 61.4 Å². The zero-order chi connectivity index (χ0) is 39.4. The van der Waals surface area contributed by atoms with Gasteiger partial charge in [-0.3, -0.25) is 14.5 Å². The van der Waals surface area contributed by atoms with Gasteiger partial charge in [-0.1, -0.05) is 80.6 Å². The highest BCUT2D eigenvalue weighted by Crippen LogP contribution is 2.54. The number of carbonyl (C=O) groups is 3. The van der Waals surface area contributed by atoms with Crippen molar-refractivity contribution in [2.75, 3.05) is 13.7 Å². The van der Waals surface area contributed by atoms with E-state index in [4.69, 9.17) is 14.7 Å². The van der Waals surface area contributed by atoms with E-state index in [0.717, 1.165) is 97.6 Å². The number of carbonyl (C=O) groups excluding carboxylic acids is 3. The summed E-state index contributed by atoms with van der Waals surface area (Å²) in [7, 11) is 1.31. The highest BCUT2D eigenvalue weighted by Gasteiger charge is 2.56. The van der Waals surface area contributed by atoms with Gasteiger partial charge in [-0.15, -0.1) is 0 Å².